The Balaban J connectivity index is 0.000000137. The molecule has 12 heterocycles. The van der Waals surface area contributed by atoms with Crippen LogP contribution in [0.4, 0.5) is 0 Å². The molecule has 0 saturated heterocycles. The maximum absolute atomic E-state index is 5.62. The van der Waals surface area contributed by atoms with E-state index in [1.54, 1.807) is 35.5 Å². The number of pyridine rings is 3. The van der Waals surface area contributed by atoms with Crippen LogP contribution >= 0.6 is 0 Å². The summed E-state index contributed by atoms with van der Waals surface area (Å²) in [5.41, 5.74) is 13.5. The molecule has 0 aliphatic rings. The summed E-state index contributed by atoms with van der Waals surface area (Å²) in [4.78, 5) is 53.5. The van der Waals surface area contributed by atoms with Crippen LogP contribution in [-0.4, -0.2) is 83.2 Å². The number of rotatable bonds is 0. The molecule has 476 valence electrons. The van der Waals surface area contributed by atoms with E-state index >= 15 is 0 Å². The van der Waals surface area contributed by atoms with Crippen LogP contribution in [0.25, 0.3) is 61.4 Å². The summed E-state index contributed by atoms with van der Waals surface area (Å²) in [6.45, 7) is 45.0. The zero-order valence-corrected chi connectivity index (χ0v) is 57.3. The Kier molecular flexibility index (Phi) is 20.0. The molecule has 0 radical (unpaired) electrons. The van der Waals surface area contributed by atoms with Gasteiger partial charge in [0.25, 0.3) is 0 Å². The van der Waals surface area contributed by atoms with E-state index in [0.29, 0.717) is 0 Å². The first-order valence-corrected chi connectivity index (χ1v) is 31.0. The van der Waals surface area contributed by atoms with Gasteiger partial charge in [-0.3, -0.25) is 9.38 Å². The summed E-state index contributed by atoms with van der Waals surface area (Å²) < 4.78 is 11.4. The lowest BCUT2D eigenvalue weighted by atomic mass is 9.93. The smallest absolute Gasteiger partial charge is 0.233 e. The van der Waals surface area contributed by atoms with Gasteiger partial charge in [0.05, 0.1) is 57.1 Å². The van der Waals surface area contributed by atoms with Crippen LogP contribution in [-0.2, 0) is 37.9 Å². The molecule has 0 aliphatic carbocycles. The van der Waals surface area contributed by atoms with E-state index in [1.807, 2.05) is 126 Å². The van der Waals surface area contributed by atoms with E-state index in [9.17, 15) is 0 Å². The number of nitrogens with one attached hydrogen (secondary N) is 3. The fraction of sp³-hybridized carbons (Fsp3) is 0.384. The predicted octanol–water partition coefficient (Wildman–Crippen LogP) is 17.2. The number of aromatic nitrogens is 17. The number of benzene rings is 2. The highest BCUT2D eigenvalue weighted by Crippen LogP contribution is 2.28. The average molecular weight is 1220 g/mol. The van der Waals surface area contributed by atoms with Crippen molar-refractivity contribution in [3.05, 3.63) is 206 Å². The Labute approximate surface area is 535 Å². The Morgan fingerprint density at radius 1 is 0.363 bits per heavy atom. The van der Waals surface area contributed by atoms with Gasteiger partial charge in [-0.25, -0.2) is 49.4 Å². The lowest BCUT2D eigenvalue weighted by Crippen LogP contribution is -2.12. The molecule has 0 saturated carbocycles. The summed E-state index contributed by atoms with van der Waals surface area (Å²) in [6.07, 6.45) is 18.9. The summed E-state index contributed by atoms with van der Waals surface area (Å²) >= 11 is 0. The quantitative estimate of drug-likeness (QED) is 0.129. The zero-order valence-electron chi connectivity index (χ0n) is 57.3. The number of H-pyrrole nitrogens is 3. The highest BCUT2D eigenvalue weighted by Gasteiger charge is 2.23. The van der Waals surface area contributed by atoms with E-state index in [-0.39, 0.29) is 37.9 Å². The van der Waals surface area contributed by atoms with Gasteiger partial charge in [0.2, 0.25) is 11.7 Å². The predicted molar refractivity (Wildman–Crippen MR) is 370 cm³/mol. The number of oxazole rings is 1. The topological polar surface area (TPSA) is 216 Å². The van der Waals surface area contributed by atoms with Crippen LogP contribution in [0.5, 0.6) is 0 Å². The molecule has 3 N–H and O–H groups in total. The van der Waals surface area contributed by atoms with Gasteiger partial charge in [0, 0.05) is 87.5 Å². The van der Waals surface area contributed by atoms with Crippen molar-refractivity contribution in [1.82, 2.24) is 83.2 Å². The van der Waals surface area contributed by atoms with E-state index in [1.165, 1.54) is 0 Å². The third-order valence-electron chi connectivity index (χ3n) is 14.1. The fourth-order valence-corrected chi connectivity index (χ4v) is 8.59. The van der Waals surface area contributed by atoms with Gasteiger partial charge in [-0.15, -0.1) is 0 Å². The van der Waals surface area contributed by atoms with Crippen molar-refractivity contribution < 1.29 is 4.42 Å². The van der Waals surface area contributed by atoms with Crippen LogP contribution < -0.4 is 0 Å². The average Bonchev–Trinajstić information content (AvgIpc) is 2.12. The van der Waals surface area contributed by atoms with Gasteiger partial charge < -0.3 is 23.8 Å². The molecule has 2 aromatic carbocycles. The lowest BCUT2D eigenvalue weighted by molar-refractivity contribution is 0.411. The van der Waals surface area contributed by atoms with Crippen molar-refractivity contribution >= 4 is 61.4 Å². The Morgan fingerprint density at radius 3 is 1.45 bits per heavy atom. The molecule has 0 atom stereocenters. The van der Waals surface area contributed by atoms with Gasteiger partial charge in [-0.05, 0) is 72.8 Å². The summed E-state index contributed by atoms with van der Waals surface area (Å²) in [5, 5.41) is 4.17. The second-order valence-electron chi connectivity index (χ2n) is 29.8. The second-order valence-corrected chi connectivity index (χ2v) is 29.8. The first kappa shape index (κ1) is 67.5. The van der Waals surface area contributed by atoms with E-state index in [2.05, 4.69) is 232 Å². The highest BCUT2D eigenvalue weighted by molar-refractivity contribution is 5.75. The molecule has 12 aromatic heterocycles. The highest BCUT2D eigenvalue weighted by atomic mass is 16.3. The first-order valence-electron chi connectivity index (χ1n) is 31.0. The zero-order chi connectivity index (χ0) is 66.3. The van der Waals surface area contributed by atoms with Crippen molar-refractivity contribution in [2.24, 2.45) is 0 Å². The maximum atomic E-state index is 5.62. The van der Waals surface area contributed by atoms with Crippen molar-refractivity contribution in [3.63, 3.8) is 0 Å². The van der Waals surface area contributed by atoms with Crippen molar-refractivity contribution in [2.75, 3.05) is 0 Å². The Bertz CT molecular complexity index is 3550. The molecule has 0 fully saturated rings. The van der Waals surface area contributed by atoms with Crippen molar-refractivity contribution in [3.8, 4) is 0 Å². The van der Waals surface area contributed by atoms with Crippen molar-refractivity contribution in [1.29, 1.82) is 0 Å². The monoisotopic (exact) mass is 1220 g/mol. The summed E-state index contributed by atoms with van der Waals surface area (Å²) in [7, 11) is 0. The van der Waals surface area contributed by atoms with E-state index < -0.39 is 0 Å². The molecule has 18 heteroatoms. The SMILES string of the molecule is CC(C)(C)c1cn2ccccc2n1.CC(C)(C)c1cn2cccnc2n1.CC(C)(C)c1cn2ncccc2n1.CC(C)(C)c1nc2ccccc2[nH]1.CC(C)(C)c1nc2ccccc2o1.CC(C)(C)c1nc2ccncc2[nH]1.CC(C)(C)c1nc2ncccc2[nH]1. The van der Waals surface area contributed by atoms with E-state index in [0.717, 1.165) is 102 Å². The van der Waals surface area contributed by atoms with Crippen LogP contribution in [0.15, 0.2) is 170 Å². The van der Waals surface area contributed by atoms with Crippen LogP contribution in [0.1, 0.15) is 186 Å². The third kappa shape index (κ3) is 18.1. The number of para-hydroxylation sites is 4. The summed E-state index contributed by atoms with van der Waals surface area (Å²) in [6, 6.07) is 33.6. The van der Waals surface area contributed by atoms with Crippen molar-refractivity contribution in [2.45, 2.75) is 183 Å². The normalized spacial score (nSPS) is 12.2. The molecule has 14 rings (SSSR count). The molecule has 18 nitrogen and oxygen atoms in total. The number of fused-ring (bicyclic) bond motifs is 7. The Hall–Kier alpha value is -9.45. The third-order valence-corrected chi connectivity index (χ3v) is 14.1. The standard InChI is InChI=1S/2C11H14N2.C11H13NO.4C10H13N3/c1-11(2,3)9-8-13-7-5-4-6-10(13)12-9;2*1-11(2,3)10-12-8-6-4-5-7-9(8)13-10;1-10(2,3)9-12-7-4-5-11-6-8(7)13-9;1-10(2,3)8-7-13-6-4-5-11-9(13)12-8;1-10(2,3)8-7-13-9(12-8)5-4-6-11-13;1-10(2,3)9-12-7-5-4-6-11-8(7)13-9/h4-8H,1-3H3;4-7H,1-3H3,(H,12,13);4-7H,1-3H3;4-6H,1-3H3,(H,12,13);2*4-7H,1-3H3;4-6H,1-3H3,(H,11,12,13). The minimum absolute atomic E-state index is 0.0149. The molecule has 91 heavy (non-hydrogen) atoms. The number of hydrogen-bond donors (Lipinski definition) is 3. The van der Waals surface area contributed by atoms with Gasteiger partial charge in [-0.2, -0.15) is 5.10 Å². The van der Waals surface area contributed by atoms with Gasteiger partial charge >= 0.3 is 0 Å². The van der Waals surface area contributed by atoms with Crippen LogP contribution in [0.2, 0.25) is 0 Å². The minimum Gasteiger partial charge on any atom is -0.440 e. The maximum Gasteiger partial charge on any atom is 0.233 e. The minimum atomic E-state index is -0.0149. The molecule has 0 amide bonds. The van der Waals surface area contributed by atoms with Crippen LogP contribution in [0, 0.1) is 0 Å². The number of aromatic amines is 3. The summed E-state index contributed by atoms with van der Waals surface area (Å²) in [5.74, 6) is 4.62. The molecule has 0 spiro atoms. The molecular formula is C73H93N17O. The van der Waals surface area contributed by atoms with Gasteiger partial charge in [-0.1, -0.05) is 176 Å². The van der Waals surface area contributed by atoms with Gasteiger partial charge in [0.15, 0.2) is 16.9 Å². The number of imidazole rings is 6. The van der Waals surface area contributed by atoms with Crippen LogP contribution in [0.3, 0.4) is 0 Å². The fourth-order valence-electron chi connectivity index (χ4n) is 8.59. The number of nitrogens with zero attached hydrogens (tertiary/aromatic N) is 14. The molecule has 14 aromatic rings. The first-order chi connectivity index (χ1) is 42.5. The molecule has 0 aliphatic heterocycles. The Morgan fingerprint density at radius 2 is 0.868 bits per heavy atom. The largest absolute Gasteiger partial charge is 0.440 e. The lowest BCUT2D eigenvalue weighted by Gasteiger charge is -2.13. The molecule has 0 bridgehead atoms. The van der Waals surface area contributed by atoms with Gasteiger partial charge in [0.1, 0.15) is 28.6 Å². The second kappa shape index (κ2) is 26.9. The molecule has 0 unspecified atom stereocenters. The number of hydrogen-bond acceptors (Lipinski definition) is 12. The van der Waals surface area contributed by atoms with E-state index in [4.69, 9.17) is 4.42 Å². The molecular weight excluding hydrogens is 1130 g/mol.